The highest BCUT2D eigenvalue weighted by Gasteiger charge is 2.39. The summed E-state index contributed by atoms with van der Waals surface area (Å²) in [6.07, 6.45) is 8.48. The molecule has 0 radical (unpaired) electrons. The second-order valence-corrected chi connectivity index (χ2v) is 6.96. The zero-order valence-corrected chi connectivity index (χ0v) is 14.0. The number of nitrogens with one attached hydrogen (secondary N) is 1. The maximum Gasteiger partial charge on any atom is 0.326 e. The van der Waals surface area contributed by atoms with Crippen LogP contribution in [0.5, 0.6) is 0 Å². The van der Waals surface area contributed by atoms with Crippen molar-refractivity contribution in [3.63, 3.8) is 0 Å². The lowest BCUT2D eigenvalue weighted by Gasteiger charge is -2.33. The van der Waals surface area contributed by atoms with Gasteiger partial charge in [0.05, 0.1) is 6.61 Å². The van der Waals surface area contributed by atoms with Gasteiger partial charge in [0, 0.05) is 18.6 Å². The van der Waals surface area contributed by atoms with Crippen molar-refractivity contribution in [3.8, 4) is 0 Å². The summed E-state index contributed by atoms with van der Waals surface area (Å²) in [5.41, 5.74) is -0.525. The van der Waals surface area contributed by atoms with Crippen LogP contribution in [0.25, 0.3) is 0 Å². The Morgan fingerprint density at radius 3 is 2.71 bits per heavy atom. The second-order valence-electron chi connectivity index (χ2n) is 6.96. The third-order valence-corrected chi connectivity index (χ3v) is 4.92. The first-order chi connectivity index (χ1) is 10.0. The molecule has 0 aromatic heterocycles. The molecule has 1 aliphatic carbocycles. The van der Waals surface area contributed by atoms with Gasteiger partial charge in [0.15, 0.2) is 0 Å². The number of ether oxygens (including phenoxy) is 1. The van der Waals surface area contributed by atoms with Gasteiger partial charge in [-0.15, -0.1) is 0 Å². The quantitative estimate of drug-likeness (QED) is 0.734. The molecule has 0 bridgehead atoms. The number of esters is 1. The first-order valence-electron chi connectivity index (χ1n) is 8.74. The highest BCUT2D eigenvalue weighted by Crippen LogP contribution is 2.26. The lowest BCUT2D eigenvalue weighted by Crippen LogP contribution is -2.53. The minimum atomic E-state index is -0.525. The van der Waals surface area contributed by atoms with Crippen LogP contribution in [0, 0.1) is 0 Å². The maximum absolute atomic E-state index is 12.3. The number of carbonyl (C=O) groups excluding carboxylic acids is 1. The van der Waals surface area contributed by atoms with Crippen molar-refractivity contribution in [2.75, 3.05) is 19.7 Å². The average molecular weight is 296 g/mol. The minimum absolute atomic E-state index is 0.0839. The Morgan fingerprint density at radius 2 is 2.05 bits per heavy atom. The molecule has 2 aliphatic rings. The summed E-state index contributed by atoms with van der Waals surface area (Å²) in [6, 6.07) is 1.15. The number of hydrogen-bond acceptors (Lipinski definition) is 4. The first kappa shape index (κ1) is 16.8. The normalized spacial score (nSPS) is 26.9. The van der Waals surface area contributed by atoms with Crippen molar-refractivity contribution >= 4 is 5.97 Å². The van der Waals surface area contributed by atoms with E-state index in [1.165, 1.54) is 45.1 Å². The predicted octanol–water partition coefficient (Wildman–Crippen LogP) is 2.71. The van der Waals surface area contributed by atoms with E-state index in [2.05, 4.69) is 17.1 Å². The summed E-state index contributed by atoms with van der Waals surface area (Å²) in [5, 5.41) is 3.52. The van der Waals surface area contributed by atoms with Gasteiger partial charge in [-0.1, -0.05) is 12.8 Å². The molecule has 1 aliphatic heterocycles. The zero-order chi connectivity index (χ0) is 15.3. The van der Waals surface area contributed by atoms with Gasteiger partial charge in [-0.25, -0.2) is 0 Å². The molecular weight excluding hydrogens is 264 g/mol. The monoisotopic (exact) mass is 296 g/mol. The maximum atomic E-state index is 12.3. The smallest absolute Gasteiger partial charge is 0.326 e. The highest BCUT2D eigenvalue weighted by atomic mass is 16.5. The van der Waals surface area contributed by atoms with Crippen LogP contribution in [-0.2, 0) is 9.53 Å². The molecule has 0 amide bonds. The molecule has 4 nitrogen and oxygen atoms in total. The van der Waals surface area contributed by atoms with Crippen LogP contribution < -0.4 is 5.32 Å². The van der Waals surface area contributed by atoms with Crippen LogP contribution in [0.15, 0.2) is 0 Å². The van der Waals surface area contributed by atoms with Crippen LogP contribution in [0.4, 0.5) is 0 Å². The van der Waals surface area contributed by atoms with Gasteiger partial charge in [-0.3, -0.25) is 10.1 Å². The molecule has 2 atom stereocenters. The lowest BCUT2D eigenvalue weighted by molar-refractivity contribution is -0.151. The molecular formula is C17H32N2O2. The van der Waals surface area contributed by atoms with E-state index in [0.29, 0.717) is 18.7 Å². The highest BCUT2D eigenvalue weighted by molar-refractivity contribution is 5.80. The number of likely N-dealkylation sites (tertiary alicyclic amines) is 1. The van der Waals surface area contributed by atoms with Crippen LogP contribution >= 0.6 is 0 Å². The van der Waals surface area contributed by atoms with Crippen LogP contribution in [0.1, 0.15) is 65.7 Å². The van der Waals surface area contributed by atoms with Crippen LogP contribution in [0.3, 0.4) is 0 Å². The Balaban J connectivity index is 1.92. The summed E-state index contributed by atoms with van der Waals surface area (Å²) in [6.45, 7) is 8.83. The minimum Gasteiger partial charge on any atom is -0.465 e. The van der Waals surface area contributed by atoms with Gasteiger partial charge in [-0.2, -0.15) is 0 Å². The van der Waals surface area contributed by atoms with Gasteiger partial charge < -0.3 is 9.64 Å². The van der Waals surface area contributed by atoms with E-state index in [-0.39, 0.29) is 5.97 Å². The van der Waals surface area contributed by atoms with Crippen molar-refractivity contribution < 1.29 is 9.53 Å². The molecule has 2 fully saturated rings. The zero-order valence-electron chi connectivity index (χ0n) is 14.0. The van der Waals surface area contributed by atoms with Crippen molar-refractivity contribution in [1.82, 2.24) is 10.2 Å². The molecule has 2 rings (SSSR count). The Kier molecular flexibility index (Phi) is 6.06. The molecule has 21 heavy (non-hydrogen) atoms. The molecule has 0 spiro atoms. The van der Waals surface area contributed by atoms with Crippen molar-refractivity contribution in [2.45, 2.75) is 83.3 Å². The Labute approximate surface area is 129 Å². The number of nitrogens with zero attached hydrogens (tertiary/aromatic N) is 1. The summed E-state index contributed by atoms with van der Waals surface area (Å²) in [5.74, 6) is -0.0839. The molecule has 0 aromatic carbocycles. The molecule has 0 aromatic rings. The van der Waals surface area contributed by atoms with E-state index in [1.807, 2.05) is 13.8 Å². The number of carbonyl (C=O) groups is 1. The van der Waals surface area contributed by atoms with E-state index < -0.39 is 5.54 Å². The average Bonchev–Trinajstić information content (AvgIpc) is 3.26. The fourth-order valence-corrected chi connectivity index (χ4v) is 3.24. The fraction of sp³-hybridized carbons (Fsp3) is 0.941. The van der Waals surface area contributed by atoms with Gasteiger partial charge in [0.25, 0.3) is 0 Å². The van der Waals surface area contributed by atoms with Gasteiger partial charge in [-0.05, 0) is 59.4 Å². The van der Waals surface area contributed by atoms with E-state index in [9.17, 15) is 4.79 Å². The third-order valence-electron chi connectivity index (χ3n) is 4.92. The van der Waals surface area contributed by atoms with E-state index in [0.717, 1.165) is 13.0 Å². The molecule has 1 heterocycles. The van der Waals surface area contributed by atoms with Crippen molar-refractivity contribution in [2.24, 2.45) is 0 Å². The summed E-state index contributed by atoms with van der Waals surface area (Å²) in [4.78, 5) is 14.9. The van der Waals surface area contributed by atoms with Crippen LogP contribution in [-0.4, -0.2) is 48.2 Å². The number of rotatable bonds is 7. The van der Waals surface area contributed by atoms with Gasteiger partial charge >= 0.3 is 5.97 Å². The lowest BCUT2D eigenvalue weighted by atomic mass is 9.96. The second kappa shape index (κ2) is 7.59. The summed E-state index contributed by atoms with van der Waals surface area (Å²) < 4.78 is 5.31. The van der Waals surface area contributed by atoms with Crippen molar-refractivity contribution in [3.05, 3.63) is 0 Å². The summed E-state index contributed by atoms with van der Waals surface area (Å²) >= 11 is 0. The molecule has 2 unspecified atom stereocenters. The molecule has 1 N–H and O–H groups in total. The summed E-state index contributed by atoms with van der Waals surface area (Å²) in [7, 11) is 0. The van der Waals surface area contributed by atoms with E-state index >= 15 is 0 Å². The Bertz CT molecular complexity index is 344. The predicted molar refractivity (Wildman–Crippen MR) is 85.3 cm³/mol. The number of hydrogen-bond donors (Lipinski definition) is 1. The Morgan fingerprint density at radius 1 is 1.29 bits per heavy atom. The van der Waals surface area contributed by atoms with E-state index in [4.69, 9.17) is 4.74 Å². The Hall–Kier alpha value is -0.610. The van der Waals surface area contributed by atoms with Gasteiger partial charge in [0.2, 0.25) is 0 Å². The van der Waals surface area contributed by atoms with E-state index in [1.54, 1.807) is 0 Å². The van der Waals surface area contributed by atoms with Crippen molar-refractivity contribution in [1.29, 1.82) is 0 Å². The third kappa shape index (κ3) is 4.96. The fourth-order valence-electron chi connectivity index (χ4n) is 3.24. The molecule has 1 saturated heterocycles. The molecule has 122 valence electrons. The molecule has 4 heteroatoms. The topological polar surface area (TPSA) is 41.6 Å². The van der Waals surface area contributed by atoms with Gasteiger partial charge in [0.1, 0.15) is 5.54 Å². The standard InChI is InChI=1S/C17H32N2O2/c1-4-21-16(20)17(3,18-15-9-10-15)11-13-19-12-7-5-6-8-14(19)2/h14-15,18H,4-13H2,1-3H3. The van der Waals surface area contributed by atoms with Crippen LogP contribution in [0.2, 0.25) is 0 Å². The largest absolute Gasteiger partial charge is 0.465 e. The molecule has 1 saturated carbocycles. The SMILES string of the molecule is CCOC(=O)C(C)(CCN1CCCCCC1C)NC1CC1. The first-order valence-corrected chi connectivity index (χ1v) is 8.74.